The van der Waals surface area contributed by atoms with E-state index in [2.05, 4.69) is 4.90 Å². The summed E-state index contributed by atoms with van der Waals surface area (Å²) in [5.74, 6) is -1.91. The Morgan fingerprint density at radius 3 is 2.19 bits per heavy atom. The third kappa shape index (κ3) is 4.47. The van der Waals surface area contributed by atoms with E-state index >= 15 is 0 Å². The number of aromatic hydroxyl groups is 1. The van der Waals surface area contributed by atoms with Gasteiger partial charge in [-0.1, -0.05) is 26.0 Å². The number of carbonyl (C=O) groups is 2. The lowest BCUT2D eigenvalue weighted by Crippen LogP contribution is -2.38. The lowest BCUT2D eigenvalue weighted by atomic mass is 9.95. The van der Waals surface area contributed by atoms with Gasteiger partial charge in [0, 0.05) is 30.8 Å². The number of likely N-dealkylation sites (N-methyl/N-ethyl adjacent to an activating group) is 1. The Balaban J connectivity index is 2.08. The van der Waals surface area contributed by atoms with Crippen molar-refractivity contribution >= 4 is 23.1 Å². The molecule has 1 amide bonds. The fourth-order valence-electron chi connectivity index (χ4n) is 3.80. The molecule has 1 aliphatic rings. The normalized spacial score (nSPS) is 17.8. The summed E-state index contributed by atoms with van der Waals surface area (Å²) in [6, 6.07) is 10.4. The SMILES string of the molecule is CCN(CC)CCN1C(=O)C(=O)/C(=C(\O)c2ccc([N+](=O)[O-])cc2)C1c1ccc(O)cc1. The molecule has 3 rings (SSSR count). The summed E-state index contributed by atoms with van der Waals surface area (Å²) in [4.78, 5) is 39.8. The molecule has 32 heavy (non-hydrogen) atoms. The molecule has 1 saturated heterocycles. The number of Topliss-reactive ketones (excluding diaryl/α,β-unsaturated/α-hetero) is 1. The van der Waals surface area contributed by atoms with Crippen LogP contribution in [0.1, 0.15) is 31.0 Å². The van der Waals surface area contributed by atoms with Crippen LogP contribution in [0, 0.1) is 10.1 Å². The summed E-state index contributed by atoms with van der Waals surface area (Å²) >= 11 is 0. The largest absolute Gasteiger partial charge is 0.508 e. The lowest BCUT2D eigenvalue weighted by Gasteiger charge is -2.28. The molecule has 9 nitrogen and oxygen atoms in total. The monoisotopic (exact) mass is 439 g/mol. The van der Waals surface area contributed by atoms with Gasteiger partial charge in [-0.15, -0.1) is 0 Å². The Hall–Kier alpha value is -3.72. The Morgan fingerprint density at radius 2 is 1.66 bits per heavy atom. The van der Waals surface area contributed by atoms with Gasteiger partial charge < -0.3 is 20.0 Å². The van der Waals surface area contributed by atoms with Crippen LogP contribution in [-0.2, 0) is 9.59 Å². The summed E-state index contributed by atoms with van der Waals surface area (Å²) < 4.78 is 0. The molecule has 2 N–H and O–H groups in total. The lowest BCUT2D eigenvalue weighted by molar-refractivity contribution is -0.384. The first kappa shape index (κ1) is 23.0. The van der Waals surface area contributed by atoms with Crippen molar-refractivity contribution in [2.75, 3.05) is 26.2 Å². The van der Waals surface area contributed by atoms with Crippen molar-refractivity contribution in [1.82, 2.24) is 9.80 Å². The quantitative estimate of drug-likeness (QED) is 0.213. The average molecular weight is 439 g/mol. The van der Waals surface area contributed by atoms with Gasteiger partial charge in [-0.2, -0.15) is 0 Å². The van der Waals surface area contributed by atoms with Gasteiger partial charge in [0.05, 0.1) is 16.5 Å². The van der Waals surface area contributed by atoms with Crippen molar-refractivity contribution in [1.29, 1.82) is 0 Å². The van der Waals surface area contributed by atoms with Gasteiger partial charge in [0.15, 0.2) is 0 Å². The van der Waals surface area contributed by atoms with Gasteiger partial charge in [0.25, 0.3) is 17.4 Å². The number of nitrogens with zero attached hydrogens (tertiary/aromatic N) is 3. The molecular weight excluding hydrogens is 414 g/mol. The molecular formula is C23H25N3O6. The maximum atomic E-state index is 13.0. The van der Waals surface area contributed by atoms with Crippen LogP contribution in [-0.4, -0.2) is 62.8 Å². The van der Waals surface area contributed by atoms with E-state index in [1.807, 2.05) is 13.8 Å². The number of phenols is 1. The van der Waals surface area contributed by atoms with Crippen molar-refractivity contribution in [2.24, 2.45) is 0 Å². The molecule has 0 saturated carbocycles. The van der Waals surface area contributed by atoms with Gasteiger partial charge >= 0.3 is 0 Å². The van der Waals surface area contributed by atoms with Crippen LogP contribution in [0.4, 0.5) is 5.69 Å². The Morgan fingerprint density at radius 1 is 1.06 bits per heavy atom. The average Bonchev–Trinajstić information content (AvgIpc) is 3.04. The summed E-state index contributed by atoms with van der Waals surface area (Å²) in [5, 5.41) is 31.5. The van der Waals surface area contributed by atoms with E-state index in [0.717, 1.165) is 13.1 Å². The van der Waals surface area contributed by atoms with Gasteiger partial charge in [-0.3, -0.25) is 19.7 Å². The highest BCUT2D eigenvalue weighted by Gasteiger charge is 2.46. The third-order valence-electron chi connectivity index (χ3n) is 5.65. The van der Waals surface area contributed by atoms with Crippen molar-refractivity contribution in [3.63, 3.8) is 0 Å². The zero-order chi connectivity index (χ0) is 23.4. The molecule has 0 aromatic heterocycles. The maximum absolute atomic E-state index is 13.0. The predicted octanol–water partition coefficient (Wildman–Crippen LogP) is 3.06. The molecule has 2 aromatic carbocycles. The smallest absolute Gasteiger partial charge is 0.295 e. The van der Waals surface area contributed by atoms with Crippen molar-refractivity contribution in [3.8, 4) is 5.75 Å². The standard InChI is InChI=1S/C23H25N3O6/c1-3-24(4-2)13-14-25-20(15-7-11-18(27)12-8-15)19(22(29)23(25)30)21(28)16-5-9-17(10-6-16)26(31)32/h5-12,20,27-28H,3-4,13-14H2,1-2H3/b21-19-. The zero-order valence-electron chi connectivity index (χ0n) is 17.9. The molecule has 0 spiro atoms. The summed E-state index contributed by atoms with van der Waals surface area (Å²) in [5.41, 5.74) is 0.511. The minimum atomic E-state index is -0.846. The molecule has 9 heteroatoms. The Kier molecular flexibility index (Phi) is 6.89. The number of nitro groups is 1. The molecule has 1 aliphatic heterocycles. The number of aliphatic hydroxyl groups is 1. The topological polar surface area (TPSA) is 124 Å². The Labute approximate surface area is 185 Å². The minimum Gasteiger partial charge on any atom is -0.508 e. The van der Waals surface area contributed by atoms with E-state index in [0.29, 0.717) is 12.1 Å². The van der Waals surface area contributed by atoms with Crippen molar-refractivity contribution in [3.05, 3.63) is 75.3 Å². The number of hydrogen-bond acceptors (Lipinski definition) is 7. The first-order valence-corrected chi connectivity index (χ1v) is 10.3. The second kappa shape index (κ2) is 9.61. The molecule has 0 radical (unpaired) electrons. The minimum absolute atomic E-state index is 0.0317. The van der Waals surface area contributed by atoms with Gasteiger partial charge in [-0.05, 0) is 42.9 Å². The van der Waals surface area contributed by atoms with Gasteiger partial charge in [0.1, 0.15) is 11.5 Å². The van der Waals surface area contributed by atoms with E-state index in [4.69, 9.17) is 0 Å². The highest BCUT2D eigenvalue weighted by atomic mass is 16.6. The maximum Gasteiger partial charge on any atom is 0.295 e. The summed E-state index contributed by atoms with van der Waals surface area (Å²) in [6.07, 6.45) is 0. The highest BCUT2D eigenvalue weighted by molar-refractivity contribution is 6.46. The van der Waals surface area contributed by atoms with E-state index in [1.54, 1.807) is 12.1 Å². The molecule has 1 heterocycles. The molecule has 0 aliphatic carbocycles. The van der Waals surface area contributed by atoms with Gasteiger partial charge in [-0.25, -0.2) is 0 Å². The number of nitro benzene ring substituents is 1. The van der Waals surface area contributed by atoms with Crippen molar-refractivity contribution in [2.45, 2.75) is 19.9 Å². The molecule has 1 unspecified atom stereocenters. The fraction of sp³-hybridized carbons (Fsp3) is 0.304. The van der Waals surface area contributed by atoms with E-state index in [-0.39, 0.29) is 29.1 Å². The highest BCUT2D eigenvalue weighted by Crippen LogP contribution is 2.39. The van der Waals surface area contributed by atoms with Crippen molar-refractivity contribution < 1.29 is 24.7 Å². The van der Waals surface area contributed by atoms with Crippen LogP contribution in [0.2, 0.25) is 0 Å². The number of carbonyl (C=O) groups excluding carboxylic acids is 2. The predicted molar refractivity (Wildman–Crippen MR) is 118 cm³/mol. The van der Waals surface area contributed by atoms with Crippen LogP contribution >= 0.6 is 0 Å². The zero-order valence-corrected chi connectivity index (χ0v) is 17.9. The molecule has 0 bridgehead atoms. The number of benzene rings is 2. The third-order valence-corrected chi connectivity index (χ3v) is 5.65. The van der Waals surface area contributed by atoms with Crippen LogP contribution in [0.25, 0.3) is 5.76 Å². The first-order chi connectivity index (χ1) is 15.3. The van der Waals surface area contributed by atoms with Crippen LogP contribution in [0.3, 0.4) is 0 Å². The number of amides is 1. The summed E-state index contributed by atoms with van der Waals surface area (Å²) in [7, 11) is 0. The van der Waals surface area contributed by atoms with E-state index < -0.39 is 28.4 Å². The molecule has 1 fully saturated rings. The molecule has 1 atom stereocenters. The molecule has 168 valence electrons. The number of aliphatic hydroxyl groups excluding tert-OH is 1. The fourth-order valence-corrected chi connectivity index (χ4v) is 3.80. The summed E-state index contributed by atoms with van der Waals surface area (Å²) in [6.45, 7) is 6.40. The number of likely N-dealkylation sites (tertiary alicyclic amines) is 1. The van der Waals surface area contributed by atoms with Gasteiger partial charge in [0.2, 0.25) is 0 Å². The number of non-ortho nitro benzene ring substituents is 1. The van der Waals surface area contributed by atoms with E-state index in [9.17, 15) is 29.9 Å². The first-order valence-electron chi connectivity index (χ1n) is 10.3. The second-order valence-electron chi connectivity index (χ2n) is 7.41. The van der Waals surface area contributed by atoms with Crippen LogP contribution in [0.15, 0.2) is 54.1 Å². The van der Waals surface area contributed by atoms with Crippen LogP contribution < -0.4 is 0 Å². The van der Waals surface area contributed by atoms with E-state index in [1.165, 1.54) is 41.3 Å². The molecule has 2 aromatic rings. The number of rotatable bonds is 8. The number of phenolic OH excluding ortho intramolecular Hbond substituents is 1. The van der Waals surface area contributed by atoms with Crippen LogP contribution in [0.5, 0.6) is 5.75 Å². The number of ketones is 1. The number of hydrogen-bond donors (Lipinski definition) is 2. The second-order valence-corrected chi connectivity index (χ2v) is 7.41. The Bertz CT molecular complexity index is 1040.